The van der Waals surface area contributed by atoms with E-state index in [1.165, 1.54) is 4.57 Å². The molecule has 7 nitrogen and oxygen atoms in total. The number of likely N-dealkylation sites (tertiary alicyclic amines) is 1. The number of hydrogen-bond donors (Lipinski definition) is 0. The fraction of sp³-hybridized carbons (Fsp3) is 0.722. The van der Waals surface area contributed by atoms with Gasteiger partial charge in [-0.05, 0) is 46.8 Å². The predicted octanol–water partition coefficient (Wildman–Crippen LogP) is 2.98. The zero-order valence-corrected chi connectivity index (χ0v) is 16.3. The summed E-state index contributed by atoms with van der Waals surface area (Å²) in [5.74, 6) is 0.337. The number of aromatic nitrogens is 4. The number of halogens is 3. The second-order valence-electron chi connectivity index (χ2n) is 7.82. The van der Waals surface area contributed by atoms with Crippen molar-refractivity contribution in [3.8, 4) is 0 Å². The molecule has 2 aliphatic heterocycles. The van der Waals surface area contributed by atoms with Gasteiger partial charge in [0.15, 0.2) is 5.82 Å². The number of rotatable bonds is 3. The van der Waals surface area contributed by atoms with E-state index in [2.05, 4.69) is 24.9 Å². The molecule has 0 amide bonds. The monoisotopic (exact) mass is 398 g/mol. The van der Waals surface area contributed by atoms with Crippen molar-refractivity contribution in [1.82, 2.24) is 29.5 Å². The molecule has 0 aliphatic carbocycles. The summed E-state index contributed by atoms with van der Waals surface area (Å²) in [6.07, 6.45) is -2.79. The zero-order valence-electron chi connectivity index (χ0n) is 16.3. The molecule has 154 valence electrons. The smallest absolute Gasteiger partial charge is 0.338 e. The maximum Gasteiger partial charge on any atom is 0.449 e. The van der Waals surface area contributed by atoms with Crippen molar-refractivity contribution in [3.63, 3.8) is 0 Å². The molecule has 0 N–H and O–H groups in total. The Morgan fingerprint density at radius 1 is 1.11 bits per heavy atom. The van der Waals surface area contributed by atoms with Crippen LogP contribution in [0.25, 0.3) is 0 Å². The number of nitrogens with zero attached hydrogens (tertiary/aromatic N) is 6. The molecular weight excluding hydrogens is 373 g/mol. The number of aryl methyl sites for hydroxylation is 1. The van der Waals surface area contributed by atoms with E-state index in [0.29, 0.717) is 36.2 Å². The number of alkyl halides is 3. The maximum absolute atomic E-state index is 13.6. The summed E-state index contributed by atoms with van der Waals surface area (Å²) in [5.41, 5.74) is 1.29. The van der Waals surface area contributed by atoms with E-state index in [1.807, 2.05) is 14.0 Å². The molecule has 1 unspecified atom stereocenters. The lowest BCUT2D eigenvalue weighted by molar-refractivity contribution is -0.147. The molecule has 4 heterocycles. The number of imidazole rings is 1. The molecule has 1 fully saturated rings. The summed E-state index contributed by atoms with van der Waals surface area (Å²) >= 11 is 0. The predicted molar refractivity (Wildman–Crippen MR) is 94.6 cm³/mol. The van der Waals surface area contributed by atoms with Crippen molar-refractivity contribution >= 4 is 0 Å². The highest BCUT2D eigenvalue weighted by Gasteiger charge is 2.42. The van der Waals surface area contributed by atoms with Crippen LogP contribution in [0.4, 0.5) is 13.2 Å². The van der Waals surface area contributed by atoms with Crippen molar-refractivity contribution in [2.24, 2.45) is 0 Å². The zero-order chi connectivity index (χ0) is 20.1. The van der Waals surface area contributed by atoms with Gasteiger partial charge in [-0.1, -0.05) is 5.16 Å². The van der Waals surface area contributed by atoms with Crippen molar-refractivity contribution in [2.75, 3.05) is 26.7 Å². The van der Waals surface area contributed by atoms with Gasteiger partial charge in [-0.25, -0.2) is 4.98 Å². The molecule has 2 aromatic heterocycles. The van der Waals surface area contributed by atoms with E-state index in [9.17, 15) is 13.2 Å². The fourth-order valence-electron chi connectivity index (χ4n) is 4.21. The highest BCUT2D eigenvalue weighted by molar-refractivity contribution is 5.25. The van der Waals surface area contributed by atoms with Crippen LogP contribution in [0.2, 0.25) is 0 Å². The van der Waals surface area contributed by atoms with Crippen LogP contribution in [0, 0.1) is 6.92 Å². The summed E-state index contributed by atoms with van der Waals surface area (Å²) in [4.78, 5) is 12.7. The van der Waals surface area contributed by atoms with Crippen LogP contribution in [0.1, 0.15) is 60.7 Å². The van der Waals surface area contributed by atoms with Crippen molar-refractivity contribution in [1.29, 1.82) is 0 Å². The highest BCUT2D eigenvalue weighted by Crippen LogP contribution is 2.38. The van der Waals surface area contributed by atoms with Gasteiger partial charge in [0.05, 0.1) is 17.4 Å². The van der Waals surface area contributed by atoms with Crippen LogP contribution in [-0.2, 0) is 19.3 Å². The Balaban J connectivity index is 1.65. The number of fused-ring (bicyclic) bond motifs is 1. The van der Waals surface area contributed by atoms with Crippen LogP contribution >= 0.6 is 0 Å². The Bertz CT molecular complexity index is 837. The van der Waals surface area contributed by atoms with E-state index in [0.717, 1.165) is 25.9 Å². The molecule has 0 saturated carbocycles. The standard InChI is InChI=1S/C18H25F3N6O/c1-11(16-22-12(2)24-28-16)26-8-9-27-14(10-26)15(23-17(27)18(19,20)21)13-4-6-25(3)7-5-13/h11,13H,4-10H2,1-3H3. The van der Waals surface area contributed by atoms with E-state index in [4.69, 9.17) is 4.52 Å². The summed E-state index contributed by atoms with van der Waals surface area (Å²) in [6.45, 7) is 6.56. The van der Waals surface area contributed by atoms with Crippen LogP contribution < -0.4 is 0 Å². The molecule has 2 aliphatic rings. The van der Waals surface area contributed by atoms with Crippen molar-refractivity contribution in [2.45, 2.75) is 57.9 Å². The third-order valence-corrected chi connectivity index (χ3v) is 5.87. The van der Waals surface area contributed by atoms with Crippen molar-refractivity contribution in [3.05, 3.63) is 28.9 Å². The third-order valence-electron chi connectivity index (χ3n) is 5.87. The molecule has 1 atom stereocenters. The SMILES string of the molecule is Cc1noc(C(C)N2CCn3c(C(F)(F)F)nc(C4CCN(C)CC4)c3C2)n1. The van der Waals surface area contributed by atoms with Crippen LogP contribution in [0.3, 0.4) is 0 Å². The second-order valence-corrected chi connectivity index (χ2v) is 7.82. The summed E-state index contributed by atoms with van der Waals surface area (Å²) < 4.78 is 47.5. The van der Waals surface area contributed by atoms with Gasteiger partial charge in [0.25, 0.3) is 0 Å². The van der Waals surface area contributed by atoms with Crippen LogP contribution in [-0.4, -0.2) is 56.2 Å². The summed E-state index contributed by atoms with van der Waals surface area (Å²) in [7, 11) is 2.04. The van der Waals surface area contributed by atoms with Gasteiger partial charge >= 0.3 is 6.18 Å². The van der Waals surface area contributed by atoms with E-state index in [-0.39, 0.29) is 18.5 Å². The fourth-order valence-corrected chi connectivity index (χ4v) is 4.21. The van der Waals surface area contributed by atoms with Gasteiger partial charge in [-0.2, -0.15) is 18.2 Å². The third kappa shape index (κ3) is 3.55. The van der Waals surface area contributed by atoms with Gasteiger partial charge in [-0.15, -0.1) is 0 Å². The summed E-state index contributed by atoms with van der Waals surface area (Å²) in [6, 6.07) is -0.162. The number of piperidine rings is 1. The van der Waals surface area contributed by atoms with Gasteiger partial charge in [-0.3, -0.25) is 4.90 Å². The van der Waals surface area contributed by atoms with Crippen molar-refractivity contribution < 1.29 is 17.7 Å². The van der Waals surface area contributed by atoms with Crippen LogP contribution in [0.15, 0.2) is 4.52 Å². The Kier molecular flexibility index (Phi) is 4.95. The molecule has 4 rings (SSSR count). The second kappa shape index (κ2) is 7.14. The minimum absolute atomic E-state index is 0.0643. The Morgan fingerprint density at radius 2 is 1.82 bits per heavy atom. The van der Waals surface area contributed by atoms with E-state index < -0.39 is 12.0 Å². The molecule has 10 heteroatoms. The minimum Gasteiger partial charge on any atom is -0.338 e. The average molecular weight is 398 g/mol. The lowest BCUT2D eigenvalue weighted by atomic mass is 9.92. The molecule has 0 aromatic carbocycles. The lowest BCUT2D eigenvalue weighted by Crippen LogP contribution is -2.37. The lowest BCUT2D eigenvalue weighted by Gasteiger charge is -2.34. The molecule has 0 spiro atoms. The largest absolute Gasteiger partial charge is 0.449 e. The van der Waals surface area contributed by atoms with Gasteiger partial charge in [0, 0.05) is 25.6 Å². The molecule has 0 radical (unpaired) electrons. The first-order valence-electron chi connectivity index (χ1n) is 9.63. The first-order chi connectivity index (χ1) is 13.2. The molecule has 1 saturated heterocycles. The van der Waals surface area contributed by atoms with Gasteiger partial charge in [0.1, 0.15) is 0 Å². The minimum atomic E-state index is -4.45. The Labute approximate surface area is 161 Å². The Morgan fingerprint density at radius 3 is 2.43 bits per heavy atom. The first-order valence-corrected chi connectivity index (χ1v) is 9.63. The Hall–Kier alpha value is -1.94. The van der Waals surface area contributed by atoms with E-state index >= 15 is 0 Å². The average Bonchev–Trinajstić information content (AvgIpc) is 3.25. The normalized spacial score (nSPS) is 21.1. The van der Waals surface area contributed by atoms with E-state index in [1.54, 1.807) is 6.92 Å². The van der Waals surface area contributed by atoms with Gasteiger partial charge in [0.2, 0.25) is 11.7 Å². The molecule has 28 heavy (non-hydrogen) atoms. The summed E-state index contributed by atoms with van der Waals surface area (Å²) in [5, 5.41) is 3.83. The molecular formula is C18H25F3N6O. The highest BCUT2D eigenvalue weighted by atomic mass is 19.4. The number of hydrogen-bond acceptors (Lipinski definition) is 6. The molecule has 0 bridgehead atoms. The van der Waals surface area contributed by atoms with Gasteiger partial charge < -0.3 is 14.0 Å². The van der Waals surface area contributed by atoms with Crippen LogP contribution in [0.5, 0.6) is 0 Å². The first kappa shape index (κ1) is 19.4. The quantitative estimate of drug-likeness (QED) is 0.792. The maximum atomic E-state index is 13.6. The topological polar surface area (TPSA) is 63.2 Å². The molecule has 2 aromatic rings.